The van der Waals surface area contributed by atoms with E-state index in [-0.39, 0.29) is 6.10 Å². The molecule has 0 saturated heterocycles. The van der Waals surface area contributed by atoms with Gasteiger partial charge in [0.05, 0.1) is 23.9 Å². The first-order valence-electron chi connectivity index (χ1n) is 10.2. The summed E-state index contributed by atoms with van der Waals surface area (Å²) in [7, 11) is 1.66. The number of rotatable bonds is 6. The van der Waals surface area contributed by atoms with Gasteiger partial charge in [-0.05, 0) is 56.0 Å². The van der Waals surface area contributed by atoms with Crippen LogP contribution in [0.5, 0.6) is 0 Å². The van der Waals surface area contributed by atoms with Gasteiger partial charge in [0.25, 0.3) is 0 Å². The van der Waals surface area contributed by atoms with Gasteiger partial charge in [0.2, 0.25) is 5.95 Å². The summed E-state index contributed by atoms with van der Waals surface area (Å²) < 4.78 is 7.00. The highest BCUT2D eigenvalue weighted by atomic mass is 16.5. The third-order valence-electron chi connectivity index (χ3n) is 5.59. The molecule has 1 aliphatic carbocycles. The van der Waals surface area contributed by atoms with Crippen LogP contribution in [-0.4, -0.2) is 49.2 Å². The monoisotopic (exact) mass is 407 g/mol. The number of ether oxygens (including phenoxy) is 1. The number of aliphatic hydroxyl groups is 1. The first kappa shape index (κ1) is 18.8. The maximum absolute atomic E-state index is 9.73. The highest BCUT2D eigenvalue weighted by Gasteiger charge is 2.20. The highest BCUT2D eigenvalue weighted by molar-refractivity contribution is 5.85. The molecule has 3 heterocycles. The van der Waals surface area contributed by atoms with Gasteiger partial charge in [-0.2, -0.15) is 14.6 Å². The molecule has 30 heavy (non-hydrogen) atoms. The Morgan fingerprint density at radius 1 is 1.20 bits per heavy atom. The number of aliphatic hydroxyl groups excluding tert-OH is 1. The van der Waals surface area contributed by atoms with Gasteiger partial charge in [-0.25, -0.2) is 0 Å². The van der Waals surface area contributed by atoms with Crippen molar-refractivity contribution in [1.29, 1.82) is 0 Å². The molecule has 4 N–H and O–H groups in total. The lowest BCUT2D eigenvalue weighted by molar-refractivity contribution is 0.126. The van der Waals surface area contributed by atoms with Crippen LogP contribution in [0.25, 0.3) is 16.6 Å². The number of hydrogen-bond donors (Lipinski definition) is 4. The zero-order valence-electron chi connectivity index (χ0n) is 16.8. The van der Waals surface area contributed by atoms with E-state index in [0.717, 1.165) is 59.4 Å². The third-order valence-corrected chi connectivity index (χ3v) is 5.59. The number of benzene rings is 1. The molecular weight excluding hydrogens is 382 g/mol. The summed E-state index contributed by atoms with van der Waals surface area (Å²) in [4.78, 5) is 4.60. The molecule has 5 rings (SSSR count). The molecule has 1 saturated carbocycles. The Hall–Kier alpha value is -3.17. The number of pyridine rings is 1. The van der Waals surface area contributed by atoms with E-state index in [2.05, 4.69) is 30.9 Å². The van der Waals surface area contributed by atoms with Gasteiger partial charge < -0.3 is 20.5 Å². The van der Waals surface area contributed by atoms with Crippen molar-refractivity contribution < 1.29 is 9.84 Å². The molecule has 0 spiro atoms. The quantitative estimate of drug-likeness (QED) is 0.388. The van der Waals surface area contributed by atoms with E-state index in [9.17, 15) is 5.11 Å². The smallest absolute Gasteiger partial charge is 0.247 e. The van der Waals surface area contributed by atoms with Crippen LogP contribution in [-0.2, 0) is 11.3 Å². The van der Waals surface area contributed by atoms with Gasteiger partial charge in [-0.1, -0.05) is 6.07 Å². The summed E-state index contributed by atoms with van der Waals surface area (Å²) in [6.45, 7) is 0.469. The van der Waals surface area contributed by atoms with Crippen molar-refractivity contribution in [2.24, 2.45) is 0 Å². The largest absolute Gasteiger partial charge is 0.393 e. The van der Waals surface area contributed by atoms with E-state index in [1.165, 1.54) is 0 Å². The molecule has 0 bridgehead atoms. The Bertz CT molecular complexity index is 1160. The average Bonchev–Trinajstić information content (AvgIpc) is 3.34. The summed E-state index contributed by atoms with van der Waals surface area (Å²) in [5.41, 5.74) is 3.46. The normalized spacial score (nSPS) is 19.4. The third kappa shape index (κ3) is 3.69. The molecule has 0 atom stereocenters. The minimum Gasteiger partial charge on any atom is -0.393 e. The number of fused-ring (bicyclic) bond motifs is 2. The molecule has 0 unspecified atom stereocenters. The molecule has 0 aliphatic heterocycles. The zero-order chi connectivity index (χ0) is 20.5. The van der Waals surface area contributed by atoms with Crippen molar-refractivity contribution in [1.82, 2.24) is 24.8 Å². The first-order chi connectivity index (χ1) is 14.7. The van der Waals surface area contributed by atoms with Crippen molar-refractivity contribution in [2.75, 3.05) is 17.7 Å². The fraction of sp³-hybridized carbons (Fsp3) is 0.381. The molecule has 9 nitrogen and oxygen atoms in total. The van der Waals surface area contributed by atoms with Crippen molar-refractivity contribution in [3.63, 3.8) is 0 Å². The van der Waals surface area contributed by atoms with E-state index in [1.807, 2.05) is 40.9 Å². The van der Waals surface area contributed by atoms with E-state index < -0.39 is 0 Å². The molecule has 0 radical (unpaired) electrons. The molecule has 1 aromatic carbocycles. The van der Waals surface area contributed by atoms with Crippen LogP contribution in [0.1, 0.15) is 31.4 Å². The molecule has 3 aromatic heterocycles. The Kier molecular flexibility index (Phi) is 4.97. The average molecular weight is 407 g/mol. The molecule has 1 aliphatic rings. The van der Waals surface area contributed by atoms with E-state index >= 15 is 0 Å². The van der Waals surface area contributed by atoms with Crippen molar-refractivity contribution in [3.05, 3.63) is 42.1 Å². The Morgan fingerprint density at radius 2 is 2.07 bits per heavy atom. The van der Waals surface area contributed by atoms with Gasteiger partial charge in [-0.15, -0.1) is 5.10 Å². The molecular formula is C21H25N7O2. The number of hydrogen-bond acceptors (Lipinski definition) is 7. The lowest BCUT2D eigenvalue weighted by Gasteiger charge is -2.26. The Labute approximate surface area is 173 Å². The van der Waals surface area contributed by atoms with Gasteiger partial charge in [0.1, 0.15) is 5.82 Å². The van der Waals surface area contributed by atoms with Crippen LogP contribution in [0.4, 0.5) is 17.5 Å². The number of H-pyrrole nitrogens is 1. The molecule has 0 amide bonds. The summed E-state index contributed by atoms with van der Waals surface area (Å²) in [5, 5.41) is 29.6. The molecule has 156 valence electrons. The zero-order valence-corrected chi connectivity index (χ0v) is 16.8. The molecule has 4 aromatic rings. The van der Waals surface area contributed by atoms with Crippen molar-refractivity contribution in [2.45, 2.75) is 44.4 Å². The van der Waals surface area contributed by atoms with Crippen LogP contribution in [0.2, 0.25) is 0 Å². The Balaban J connectivity index is 1.37. The number of anilines is 3. The number of aromatic amines is 1. The topological polar surface area (TPSA) is 112 Å². The number of aromatic nitrogens is 5. The fourth-order valence-corrected chi connectivity index (χ4v) is 4.03. The van der Waals surface area contributed by atoms with Gasteiger partial charge in [0, 0.05) is 24.2 Å². The molecule has 9 heteroatoms. The van der Waals surface area contributed by atoms with Crippen LogP contribution in [0.15, 0.2) is 36.4 Å². The lowest BCUT2D eigenvalue weighted by Crippen LogP contribution is -2.29. The van der Waals surface area contributed by atoms with Crippen LogP contribution >= 0.6 is 0 Å². The first-order valence-corrected chi connectivity index (χ1v) is 10.2. The summed E-state index contributed by atoms with van der Waals surface area (Å²) in [6, 6.07) is 12.2. The summed E-state index contributed by atoms with van der Waals surface area (Å²) in [6.07, 6.45) is 3.40. The van der Waals surface area contributed by atoms with Crippen molar-refractivity contribution >= 4 is 34.0 Å². The van der Waals surface area contributed by atoms with E-state index in [4.69, 9.17) is 4.74 Å². The van der Waals surface area contributed by atoms with Gasteiger partial charge in [0.15, 0.2) is 5.65 Å². The highest BCUT2D eigenvalue weighted by Crippen LogP contribution is 2.25. The predicted octanol–water partition coefficient (Wildman–Crippen LogP) is 3.21. The van der Waals surface area contributed by atoms with Crippen LogP contribution in [0, 0.1) is 0 Å². The Morgan fingerprint density at radius 3 is 2.90 bits per heavy atom. The minimum absolute atomic E-state index is 0.168. The maximum Gasteiger partial charge on any atom is 0.247 e. The molecule has 1 fully saturated rings. The maximum atomic E-state index is 9.73. The van der Waals surface area contributed by atoms with E-state index in [1.54, 1.807) is 7.11 Å². The van der Waals surface area contributed by atoms with Gasteiger partial charge >= 0.3 is 0 Å². The SMILES string of the molecule is COCc1n[nH]c2cc(Nc3nc4cccc(N[C@H]5CC[C@@H](O)CC5)n4n3)ccc12. The van der Waals surface area contributed by atoms with Crippen LogP contribution in [0.3, 0.4) is 0 Å². The minimum atomic E-state index is -0.168. The summed E-state index contributed by atoms with van der Waals surface area (Å²) >= 11 is 0. The lowest BCUT2D eigenvalue weighted by atomic mass is 9.93. The van der Waals surface area contributed by atoms with E-state index in [0.29, 0.717) is 18.6 Å². The second kappa shape index (κ2) is 7.92. The second-order valence-corrected chi connectivity index (χ2v) is 7.75. The second-order valence-electron chi connectivity index (χ2n) is 7.75. The number of methoxy groups -OCH3 is 1. The predicted molar refractivity (Wildman–Crippen MR) is 115 cm³/mol. The van der Waals surface area contributed by atoms with Gasteiger partial charge in [-0.3, -0.25) is 5.10 Å². The number of nitrogens with one attached hydrogen (secondary N) is 3. The standard InChI is InChI=1S/C21H25N7O2/c1-30-12-18-16-10-7-14(11-17(16)25-26-18)23-21-24-20-4-2-3-19(28(20)27-21)22-13-5-8-15(29)9-6-13/h2-4,7,10-11,13,15,22,29H,5-6,8-9,12H2,1H3,(H,23,27)(H,25,26)/t13-,15+. The number of nitrogens with zero attached hydrogens (tertiary/aromatic N) is 4. The summed E-state index contributed by atoms with van der Waals surface area (Å²) in [5.74, 6) is 1.43. The van der Waals surface area contributed by atoms with Crippen LogP contribution < -0.4 is 10.6 Å². The van der Waals surface area contributed by atoms with Crippen molar-refractivity contribution in [3.8, 4) is 0 Å². The fourth-order valence-electron chi connectivity index (χ4n) is 4.03.